The van der Waals surface area contributed by atoms with Crippen molar-refractivity contribution in [1.29, 1.82) is 0 Å². The average Bonchev–Trinajstić information content (AvgIpc) is 2.28. The van der Waals surface area contributed by atoms with E-state index in [-0.39, 0.29) is 11.9 Å². The van der Waals surface area contributed by atoms with Gasteiger partial charge in [0.05, 0.1) is 6.10 Å². The second-order valence-corrected chi connectivity index (χ2v) is 4.73. The molecule has 0 aliphatic rings. The molecule has 0 saturated carbocycles. The van der Waals surface area contributed by atoms with Crippen molar-refractivity contribution < 1.29 is 14.3 Å². The molecule has 17 heavy (non-hydrogen) atoms. The molecule has 0 aliphatic heterocycles. The van der Waals surface area contributed by atoms with Crippen molar-refractivity contribution in [2.45, 2.75) is 39.4 Å². The monoisotopic (exact) mass is 236 g/mol. The zero-order chi connectivity index (χ0) is 13.1. The fourth-order valence-corrected chi connectivity index (χ4v) is 1.40. The van der Waals surface area contributed by atoms with Crippen LogP contribution < -0.4 is 4.74 Å². The van der Waals surface area contributed by atoms with Crippen LogP contribution in [0.25, 0.3) is 0 Å². The van der Waals surface area contributed by atoms with Crippen LogP contribution in [-0.2, 0) is 4.74 Å². The Bertz CT molecular complexity index is 377. The lowest BCUT2D eigenvalue weighted by Crippen LogP contribution is -2.33. The van der Waals surface area contributed by atoms with Crippen LogP contribution >= 0.6 is 0 Å². The lowest BCUT2D eigenvalue weighted by Gasteiger charge is -2.21. The Balaban J connectivity index is 2.84. The third kappa shape index (κ3) is 3.56. The van der Waals surface area contributed by atoms with Crippen molar-refractivity contribution in [2.24, 2.45) is 0 Å². The van der Waals surface area contributed by atoms with E-state index in [9.17, 15) is 4.79 Å². The molecule has 0 aromatic heterocycles. The molecule has 1 rings (SSSR count). The molecular weight excluding hydrogens is 216 g/mol. The van der Waals surface area contributed by atoms with Crippen LogP contribution in [0.15, 0.2) is 24.3 Å². The van der Waals surface area contributed by atoms with E-state index < -0.39 is 5.60 Å². The maximum absolute atomic E-state index is 12.1. The number of Topliss-reactive ketones (excluding diaryl/α,β-unsaturated/α-hetero) is 1. The predicted octanol–water partition coefficient (Wildman–Crippen LogP) is 3.08. The van der Waals surface area contributed by atoms with Gasteiger partial charge in [-0.15, -0.1) is 0 Å². The first-order chi connectivity index (χ1) is 7.86. The molecular formula is C14H20O3. The van der Waals surface area contributed by atoms with Gasteiger partial charge in [0, 0.05) is 12.7 Å². The Kier molecular flexibility index (Phi) is 4.29. The van der Waals surface area contributed by atoms with Gasteiger partial charge in [-0.05, 0) is 52.0 Å². The maximum Gasteiger partial charge on any atom is 0.194 e. The summed E-state index contributed by atoms with van der Waals surface area (Å²) in [6.45, 7) is 7.45. The minimum Gasteiger partial charge on any atom is -0.491 e. The van der Waals surface area contributed by atoms with E-state index in [0.717, 1.165) is 5.75 Å². The standard InChI is InChI=1S/C14H20O3/c1-10(2)17-12-8-6-11(7-9-12)13(15)14(3,4)16-5/h6-10H,1-5H3. The summed E-state index contributed by atoms with van der Waals surface area (Å²) in [5, 5.41) is 0. The predicted molar refractivity (Wildman–Crippen MR) is 67.6 cm³/mol. The van der Waals surface area contributed by atoms with Crippen LogP contribution in [0.3, 0.4) is 0 Å². The van der Waals surface area contributed by atoms with E-state index in [1.807, 2.05) is 13.8 Å². The second-order valence-electron chi connectivity index (χ2n) is 4.73. The van der Waals surface area contributed by atoms with Crippen molar-refractivity contribution in [3.8, 4) is 5.75 Å². The van der Waals surface area contributed by atoms with Gasteiger partial charge in [0.1, 0.15) is 11.4 Å². The van der Waals surface area contributed by atoms with Crippen molar-refractivity contribution in [3.05, 3.63) is 29.8 Å². The molecule has 0 unspecified atom stereocenters. The molecule has 94 valence electrons. The third-order valence-corrected chi connectivity index (χ3v) is 2.55. The molecule has 0 atom stereocenters. The van der Waals surface area contributed by atoms with E-state index in [1.165, 1.54) is 7.11 Å². The topological polar surface area (TPSA) is 35.5 Å². The Morgan fingerprint density at radius 2 is 1.71 bits per heavy atom. The number of rotatable bonds is 5. The molecule has 3 nitrogen and oxygen atoms in total. The average molecular weight is 236 g/mol. The number of ether oxygens (including phenoxy) is 2. The summed E-state index contributed by atoms with van der Waals surface area (Å²) in [6, 6.07) is 7.14. The highest BCUT2D eigenvalue weighted by Gasteiger charge is 2.27. The first-order valence-electron chi connectivity index (χ1n) is 5.73. The molecule has 0 bridgehead atoms. The minimum atomic E-state index is -0.791. The smallest absolute Gasteiger partial charge is 0.194 e. The Hall–Kier alpha value is -1.35. The van der Waals surface area contributed by atoms with Crippen LogP contribution in [0.2, 0.25) is 0 Å². The summed E-state index contributed by atoms with van der Waals surface area (Å²) in [5.41, 5.74) is -0.159. The highest BCUT2D eigenvalue weighted by molar-refractivity contribution is 6.02. The van der Waals surface area contributed by atoms with Gasteiger partial charge in [-0.1, -0.05) is 0 Å². The molecule has 0 heterocycles. The second kappa shape index (κ2) is 5.32. The van der Waals surface area contributed by atoms with Crippen LogP contribution in [0.5, 0.6) is 5.75 Å². The van der Waals surface area contributed by atoms with E-state index in [1.54, 1.807) is 38.1 Å². The summed E-state index contributed by atoms with van der Waals surface area (Å²) < 4.78 is 10.7. The fourth-order valence-electron chi connectivity index (χ4n) is 1.40. The normalized spacial score (nSPS) is 11.6. The highest BCUT2D eigenvalue weighted by atomic mass is 16.5. The third-order valence-electron chi connectivity index (χ3n) is 2.55. The van der Waals surface area contributed by atoms with Crippen LogP contribution in [-0.4, -0.2) is 24.6 Å². The zero-order valence-electron chi connectivity index (χ0n) is 11.1. The summed E-state index contributed by atoms with van der Waals surface area (Å²) in [4.78, 5) is 12.1. The fraction of sp³-hybridized carbons (Fsp3) is 0.500. The first kappa shape index (κ1) is 13.7. The quantitative estimate of drug-likeness (QED) is 0.737. The van der Waals surface area contributed by atoms with E-state index >= 15 is 0 Å². The maximum atomic E-state index is 12.1. The van der Waals surface area contributed by atoms with Crippen LogP contribution in [0.4, 0.5) is 0 Å². The lowest BCUT2D eigenvalue weighted by molar-refractivity contribution is 0.0228. The van der Waals surface area contributed by atoms with Gasteiger partial charge < -0.3 is 9.47 Å². The number of carbonyl (C=O) groups excluding carboxylic acids is 1. The van der Waals surface area contributed by atoms with Crippen molar-refractivity contribution >= 4 is 5.78 Å². The Morgan fingerprint density at radius 1 is 1.18 bits per heavy atom. The minimum absolute atomic E-state index is 0.0314. The van der Waals surface area contributed by atoms with Crippen molar-refractivity contribution in [1.82, 2.24) is 0 Å². The summed E-state index contributed by atoms with van der Waals surface area (Å²) in [6.07, 6.45) is 0.131. The number of ketones is 1. The molecule has 1 aromatic rings. The van der Waals surface area contributed by atoms with Gasteiger partial charge in [0.2, 0.25) is 0 Å². The Labute approximate surface area is 103 Å². The molecule has 1 aromatic carbocycles. The molecule has 3 heteroatoms. The SMILES string of the molecule is COC(C)(C)C(=O)c1ccc(OC(C)C)cc1. The van der Waals surface area contributed by atoms with Crippen LogP contribution in [0, 0.1) is 0 Å². The largest absolute Gasteiger partial charge is 0.491 e. The summed E-state index contributed by atoms with van der Waals surface area (Å²) in [5.74, 6) is 0.739. The van der Waals surface area contributed by atoms with Crippen LogP contribution in [0.1, 0.15) is 38.1 Å². The van der Waals surface area contributed by atoms with Crippen molar-refractivity contribution in [2.75, 3.05) is 7.11 Å². The molecule has 0 saturated heterocycles. The van der Waals surface area contributed by atoms with Gasteiger partial charge in [-0.2, -0.15) is 0 Å². The van der Waals surface area contributed by atoms with E-state index in [2.05, 4.69) is 0 Å². The number of carbonyl (C=O) groups is 1. The molecule has 0 spiro atoms. The van der Waals surface area contributed by atoms with E-state index in [4.69, 9.17) is 9.47 Å². The van der Waals surface area contributed by atoms with Gasteiger partial charge >= 0.3 is 0 Å². The molecule has 0 N–H and O–H groups in total. The van der Waals surface area contributed by atoms with E-state index in [0.29, 0.717) is 5.56 Å². The summed E-state index contributed by atoms with van der Waals surface area (Å²) in [7, 11) is 1.54. The molecule has 0 amide bonds. The number of hydrogen-bond acceptors (Lipinski definition) is 3. The number of benzene rings is 1. The first-order valence-corrected chi connectivity index (χ1v) is 5.73. The number of methoxy groups -OCH3 is 1. The zero-order valence-corrected chi connectivity index (χ0v) is 11.1. The van der Waals surface area contributed by atoms with Gasteiger partial charge in [-0.25, -0.2) is 0 Å². The summed E-state index contributed by atoms with van der Waals surface area (Å²) >= 11 is 0. The lowest BCUT2D eigenvalue weighted by atomic mass is 9.96. The highest BCUT2D eigenvalue weighted by Crippen LogP contribution is 2.19. The molecule has 0 fully saturated rings. The van der Waals surface area contributed by atoms with Gasteiger partial charge in [-0.3, -0.25) is 4.79 Å². The van der Waals surface area contributed by atoms with Gasteiger partial charge in [0.15, 0.2) is 5.78 Å². The number of hydrogen-bond donors (Lipinski definition) is 0. The van der Waals surface area contributed by atoms with Gasteiger partial charge in [0.25, 0.3) is 0 Å². The van der Waals surface area contributed by atoms with Crippen molar-refractivity contribution in [3.63, 3.8) is 0 Å². The molecule has 0 radical (unpaired) electrons. The Morgan fingerprint density at radius 3 is 2.12 bits per heavy atom. The molecule has 0 aliphatic carbocycles.